The zero-order chi connectivity index (χ0) is 20.9. The summed E-state index contributed by atoms with van der Waals surface area (Å²) >= 11 is 0. The Morgan fingerprint density at radius 2 is 1.72 bits per heavy atom. The summed E-state index contributed by atoms with van der Waals surface area (Å²) in [7, 11) is 1.64. The van der Waals surface area contributed by atoms with Gasteiger partial charge in [-0.25, -0.2) is 4.79 Å². The summed E-state index contributed by atoms with van der Waals surface area (Å²) in [6, 6.07) is 3.02. The molecule has 0 spiro atoms. The van der Waals surface area contributed by atoms with Gasteiger partial charge in [-0.15, -0.1) is 0 Å². The van der Waals surface area contributed by atoms with E-state index in [1.807, 2.05) is 4.90 Å². The smallest absolute Gasteiger partial charge is 0.379 e. The highest BCUT2D eigenvalue weighted by molar-refractivity contribution is 5.93. The Bertz CT molecular complexity index is 690. The van der Waals surface area contributed by atoms with Gasteiger partial charge in [0.2, 0.25) is 0 Å². The third kappa shape index (κ3) is 5.97. The van der Waals surface area contributed by atoms with Crippen molar-refractivity contribution < 1.29 is 27.4 Å². The highest BCUT2D eigenvalue weighted by Gasteiger charge is 2.32. The number of carbonyl (C=O) groups excluding carboxylic acids is 1. The number of urea groups is 1. The van der Waals surface area contributed by atoms with Gasteiger partial charge in [0.1, 0.15) is 0 Å². The first-order chi connectivity index (χ1) is 13.8. The molecule has 2 heterocycles. The number of hydrogen-bond acceptors (Lipinski definition) is 5. The zero-order valence-electron chi connectivity index (χ0n) is 16.5. The van der Waals surface area contributed by atoms with Crippen LogP contribution < -0.4 is 10.2 Å². The quantitative estimate of drug-likeness (QED) is 0.799. The lowest BCUT2D eigenvalue weighted by Crippen LogP contribution is -2.43. The van der Waals surface area contributed by atoms with Gasteiger partial charge in [-0.2, -0.15) is 13.2 Å². The van der Waals surface area contributed by atoms with Crippen LogP contribution in [-0.2, 0) is 15.7 Å². The number of ether oxygens (including phenoxy) is 2. The Labute approximate surface area is 168 Å². The second-order valence-corrected chi connectivity index (χ2v) is 7.13. The van der Waals surface area contributed by atoms with Crippen LogP contribution in [0.3, 0.4) is 0 Å². The van der Waals surface area contributed by atoms with E-state index in [-0.39, 0.29) is 5.69 Å². The molecular formula is C19H27F3N4O3. The molecule has 162 valence electrons. The van der Waals surface area contributed by atoms with Crippen LogP contribution in [0.25, 0.3) is 0 Å². The predicted octanol–water partition coefficient (Wildman–Crippen LogP) is 2.34. The fourth-order valence-electron chi connectivity index (χ4n) is 3.32. The Hall–Kier alpha value is -2.04. The number of nitrogens with one attached hydrogen (secondary N) is 1. The molecule has 0 saturated carbocycles. The molecular weight excluding hydrogens is 389 g/mol. The third-order valence-corrected chi connectivity index (χ3v) is 5.12. The maximum atomic E-state index is 13.2. The van der Waals surface area contributed by atoms with Crippen LogP contribution in [0, 0.1) is 0 Å². The van der Waals surface area contributed by atoms with E-state index in [9.17, 15) is 18.0 Å². The van der Waals surface area contributed by atoms with Crippen LogP contribution in [0.2, 0.25) is 0 Å². The van der Waals surface area contributed by atoms with Crippen molar-refractivity contribution >= 4 is 17.4 Å². The molecule has 2 fully saturated rings. The minimum atomic E-state index is -4.48. The first-order valence-corrected chi connectivity index (χ1v) is 9.71. The predicted molar refractivity (Wildman–Crippen MR) is 103 cm³/mol. The summed E-state index contributed by atoms with van der Waals surface area (Å²) in [6.45, 7) is 6.22. The Balaban J connectivity index is 1.69. The summed E-state index contributed by atoms with van der Waals surface area (Å²) in [5.74, 6) is 0. The van der Waals surface area contributed by atoms with Crippen LogP contribution in [0.15, 0.2) is 18.2 Å². The molecule has 2 aliphatic rings. The second-order valence-electron chi connectivity index (χ2n) is 7.13. The average Bonchev–Trinajstić information content (AvgIpc) is 2.72. The summed E-state index contributed by atoms with van der Waals surface area (Å²) in [4.78, 5) is 18.2. The van der Waals surface area contributed by atoms with Gasteiger partial charge in [0.15, 0.2) is 0 Å². The molecule has 7 nitrogen and oxygen atoms in total. The minimum Gasteiger partial charge on any atom is -0.379 e. The largest absolute Gasteiger partial charge is 0.416 e. The number of morpholine rings is 2. The van der Waals surface area contributed by atoms with Gasteiger partial charge in [0, 0.05) is 46.3 Å². The molecule has 0 aliphatic carbocycles. The van der Waals surface area contributed by atoms with Gasteiger partial charge >= 0.3 is 12.2 Å². The van der Waals surface area contributed by atoms with Crippen molar-refractivity contribution in [3.63, 3.8) is 0 Å². The number of nitrogens with zero attached hydrogens (tertiary/aromatic N) is 3. The van der Waals surface area contributed by atoms with E-state index < -0.39 is 17.8 Å². The molecule has 2 saturated heterocycles. The molecule has 0 atom stereocenters. The Kier molecular flexibility index (Phi) is 7.20. The summed E-state index contributed by atoms with van der Waals surface area (Å²) in [6.07, 6.45) is -4.48. The van der Waals surface area contributed by atoms with Gasteiger partial charge in [-0.3, -0.25) is 4.90 Å². The molecule has 10 heteroatoms. The monoisotopic (exact) mass is 416 g/mol. The number of anilines is 2. The van der Waals surface area contributed by atoms with Gasteiger partial charge in [-0.1, -0.05) is 0 Å². The molecule has 1 N–H and O–H groups in total. The fraction of sp³-hybridized carbons (Fsp3) is 0.632. The van der Waals surface area contributed by atoms with Crippen molar-refractivity contribution in [2.75, 3.05) is 83.0 Å². The lowest BCUT2D eigenvalue weighted by atomic mass is 10.1. The van der Waals surface area contributed by atoms with Crippen LogP contribution in [0.1, 0.15) is 5.56 Å². The normalized spacial score (nSPS) is 18.6. The van der Waals surface area contributed by atoms with Crippen molar-refractivity contribution in [3.8, 4) is 0 Å². The summed E-state index contributed by atoms with van der Waals surface area (Å²) in [5, 5.41) is 2.67. The first-order valence-electron chi connectivity index (χ1n) is 9.71. The summed E-state index contributed by atoms with van der Waals surface area (Å²) < 4.78 is 50.2. The highest BCUT2D eigenvalue weighted by atomic mass is 19.4. The van der Waals surface area contributed by atoms with Gasteiger partial charge in [-0.05, 0) is 18.2 Å². The average molecular weight is 416 g/mol. The van der Waals surface area contributed by atoms with Crippen LogP contribution in [0.4, 0.5) is 29.3 Å². The molecule has 2 aliphatic heterocycles. The lowest BCUT2D eigenvalue weighted by Gasteiger charge is -2.32. The first kappa shape index (κ1) is 21.7. The van der Waals surface area contributed by atoms with Gasteiger partial charge < -0.3 is 24.6 Å². The number of rotatable bonds is 5. The number of alkyl halides is 3. The van der Waals surface area contributed by atoms with E-state index >= 15 is 0 Å². The SMILES string of the molecule is CN(CCN1CCOCC1)C(=O)Nc1cc(C(F)(F)F)ccc1N1CCOCC1. The number of likely N-dealkylation sites (N-methyl/N-ethyl adjacent to an activating group) is 1. The molecule has 1 aromatic carbocycles. The van der Waals surface area contributed by atoms with E-state index in [1.165, 1.54) is 11.0 Å². The number of hydrogen-bond donors (Lipinski definition) is 1. The maximum absolute atomic E-state index is 13.2. The molecule has 2 amide bonds. The minimum absolute atomic E-state index is 0.157. The van der Waals surface area contributed by atoms with E-state index in [4.69, 9.17) is 9.47 Å². The molecule has 0 unspecified atom stereocenters. The molecule has 0 radical (unpaired) electrons. The number of carbonyl (C=O) groups is 1. The standard InChI is InChI=1S/C19H27F3N4O3/c1-24(4-5-25-6-10-28-11-7-25)18(27)23-16-14-15(19(20,21)22)2-3-17(16)26-8-12-29-13-9-26/h2-3,14H,4-13H2,1H3,(H,23,27). The van der Waals surface area contributed by atoms with Crippen LogP contribution >= 0.6 is 0 Å². The lowest BCUT2D eigenvalue weighted by molar-refractivity contribution is -0.137. The van der Waals surface area contributed by atoms with Crippen molar-refractivity contribution in [3.05, 3.63) is 23.8 Å². The fourth-order valence-corrected chi connectivity index (χ4v) is 3.32. The number of halogens is 3. The second kappa shape index (κ2) is 9.64. The van der Waals surface area contributed by atoms with Gasteiger partial charge in [0.25, 0.3) is 0 Å². The van der Waals surface area contributed by atoms with Crippen molar-refractivity contribution in [1.82, 2.24) is 9.80 Å². The third-order valence-electron chi connectivity index (χ3n) is 5.12. The summed E-state index contributed by atoms with van der Waals surface area (Å²) in [5.41, 5.74) is -0.0676. The maximum Gasteiger partial charge on any atom is 0.416 e. The Morgan fingerprint density at radius 1 is 1.10 bits per heavy atom. The van der Waals surface area contributed by atoms with Crippen molar-refractivity contribution in [2.24, 2.45) is 0 Å². The van der Waals surface area contributed by atoms with Crippen LogP contribution in [-0.4, -0.2) is 88.6 Å². The van der Waals surface area contributed by atoms with Crippen molar-refractivity contribution in [1.29, 1.82) is 0 Å². The Morgan fingerprint density at radius 3 is 2.34 bits per heavy atom. The molecule has 3 rings (SSSR count). The van der Waals surface area contributed by atoms with Crippen LogP contribution in [0.5, 0.6) is 0 Å². The topological polar surface area (TPSA) is 57.3 Å². The molecule has 29 heavy (non-hydrogen) atoms. The van der Waals surface area contributed by atoms with E-state index in [0.29, 0.717) is 58.3 Å². The van der Waals surface area contributed by atoms with E-state index in [2.05, 4.69) is 10.2 Å². The number of benzene rings is 1. The highest BCUT2D eigenvalue weighted by Crippen LogP contribution is 2.35. The van der Waals surface area contributed by atoms with E-state index in [1.54, 1.807) is 7.05 Å². The molecule has 1 aromatic rings. The zero-order valence-corrected chi connectivity index (χ0v) is 16.5. The molecule has 0 bridgehead atoms. The number of amides is 2. The van der Waals surface area contributed by atoms with E-state index in [0.717, 1.165) is 25.2 Å². The van der Waals surface area contributed by atoms with Crippen molar-refractivity contribution in [2.45, 2.75) is 6.18 Å². The van der Waals surface area contributed by atoms with Gasteiger partial charge in [0.05, 0.1) is 43.4 Å². The molecule has 0 aromatic heterocycles.